The predicted molar refractivity (Wildman–Crippen MR) is 83.8 cm³/mol. The maximum absolute atomic E-state index is 4.25. The molecule has 1 saturated heterocycles. The highest BCUT2D eigenvalue weighted by molar-refractivity contribution is 7.80. The normalized spacial score (nSPS) is 18.7. The number of thiol groups is 1. The highest BCUT2D eigenvalue weighted by atomic mass is 32.1. The Hall–Kier alpha value is 0.230. The molecular formula is C14H31N3S. The van der Waals surface area contributed by atoms with Crippen molar-refractivity contribution in [2.24, 2.45) is 0 Å². The molecule has 1 heterocycles. The van der Waals surface area contributed by atoms with E-state index in [0.717, 1.165) is 5.75 Å². The van der Waals surface area contributed by atoms with E-state index >= 15 is 0 Å². The van der Waals surface area contributed by atoms with Gasteiger partial charge in [-0.15, -0.1) is 0 Å². The van der Waals surface area contributed by atoms with Gasteiger partial charge < -0.3 is 9.80 Å². The zero-order valence-electron chi connectivity index (χ0n) is 12.3. The standard InChI is InChI=1S/C14H31N3S/c1-15(2)8-9-17-12-10-16(11-13-17)7-5-3-4-6-14-18/h18H,3-14H2,1-2H3. The molecule has 0 aliphatic carbocycles. The number of unbranched alkanes of at least 4 members (excludes halogenated alkanes) is 3. The van der Waals surface area contributed by atoms with Gasteiger partial charge in [-0.25, -0.2) is 0 Å². The molecule has 0 unspecified atom stereocenters. The second-order valence-corrected chi connectivity index (χ2v) is 6.07. The molecule has 108 valence electrons. The minimum atomic E-state index is 1.05. The van der Waals surface area contributed by atoms with Crippen LogP contribution in [-0.4, -0.2) is 80.4 Å². The minimum absolute atomic E-state index is 1.05. The lowest BCUT2D eigenvalue weighted by Crippen LogP contribution is -2.48. The third-order valence-electron chi connectivity index (χ3n) is 3.71. The van der Waals surface area contributed by atoms with Crippen LogP contribution in [0.3, 0.4) is 0 Å². The van der Waals surface area contributed by atoms with Crippen molar-refractivity contribution in [1.29, 1.82) is 0 Å². The van der Waals surface area contributed by atoms with Gasteiger partial charge in [0, 0.05) is 39.3 Å². The van der Waals surface area contributed by atoms with E-state index in [9.17, 15) is 0 Å². The smallest absolute Gasteiger partial charge is 0.0110 e. The van der Waals surface area contributed by atoms with Crippen LogP contribution in [0.2, 0.25) is 0 Å². The predicted octanol–water partition coefficient (Wildman–Crippen LogP) is 1.66. The van der Waals surface area contributed by atoms with Crippen LogP contribution >= 0.6 is 12.6 Å². The van der Waals surface area contributed by atoms with Crippen molar-refractivity contribution in [1.82, 2.24) is 14.7 Å². The van der Waals surface area contributed by atoms with Crippen LogP contribution in [0, 0.1) is 0 Å². The number of rotatable bonds is 9. The van der Waals surface area contributed by atoms with Crippen molar-refractivity contribution in [2.75, 3.05) is 65.7 Å². The van der Waals surface area contributed by atoms with Crippen molar-refractivity contribution in [2.45, 2.75) is 25.7 Å². The molecule has 0 aromatic heterocycles. The van der Waals surface area contributed by atoms with E-state index in [0.29, 0.717) is 0 Å². The molecular weight excluding hydrogens is 242 g/mol. The Labute approximate surface area is 119 Å². The van der Waals surface area contributed by atoms with Crippen molar-refractivity contribution >= 4 is 12.6 Å². The Kier molecular flexibility index (Phi) is 9.11. The van der Waals surface area contributed by atoms with Crippen molar-refractivity contribution in [3.8, 4) is 0 Å². The molecule has 1 aliphatic heterocycles. The van der Waals surface area contributed by atoms with Gasteiger partial charge in [0.15, 0.2) is 0 Å². The topological polar surface area (TPSA) is 9.72 Å². The summed E-state index contributed by atoms with van der Waals surface area (Å²) >= 11 is 4.25. The summed E-state index contributed by atoms with van der Waals surface area (Å²) in [5.41, 5.74) is 0. The first-order valence-corrected chi connectivity index (χ1v) is 8.06. The highest BCUT2D eigenvalue weighted by Crippen LogP contribution is 2.06. The number of hydrogen-bond acceptors (Lipinski definition) is 4. The molecule has 18 heavy (non-hydrogen) atoms. The Bertz CT molecular complexity index is 191. The molecule has 0 N–H and O–H groups in total. The maximum atomic E-state index is 4.25. The summed E-state index contributed by atoms with van der Waals surface area (Å²) < 4.78 is 0. The van der Waals surface area contributed by atoms with E-state index in [1.165, 1.54) is 71.5 Å². The lowest BCUT2D eigenvalue weighted by Gasteiger charge is -2.35. The van der Waals surface area contributed by atoms with Gasteiger partial charge in [-0.2, -0.15) is 12.6 Å². The minimum Gasteiger partial charge on any atom is -0.308 e. The van der Waals surface area contributed by atoms with E-state index in [-0.39, 0.29) is 0 Å². The van der Waals surface area contributed by atoms with Crippen LogP contribution < -0.4 is 0 Å². The van der Waals surface area contributed by atoms with Crippen LogP contribution in [0.4, 0.5) is 0 Å². The van der Waals surface area contributed by atoms with Crippen LogP contribution in [0.15, 0.2) is 0 Å². The monoisotopic (exact) mass is 273 g/mol. The molecule has 0 spiro atoms. The number of nitrogens with zero attached hydrogens (tertiary/aromatic N) is 3. The first kappa shape index (κ1) is 16.3. The molecule has 4 heteroatoms. The van der Waals surface area contributed by atoms with Gasteiger partial charge in [0.1, 0.15) is 0 Å². The van der Waals surface area contributed by atoms with E-state index in [4.69, 9.17) is 0 Å². The lowest BCUT2D eigenvalue weighted by atomic mass is 10.2. The van der Waals surface area contributed by atoms with Gasteiger partial charge in [-0.3, -0.25) is 4.90 Å². The Balaban J connectivity index is 1.98. The molecule has 0 aromatic rings. The molecule has 0 atom stereocenters. The van der Waals surface area contributed by atoms with Crippen LogP contribution in [-0.2, 0) is 0 Å². The summed E-state index contributed by atoms with van der Waals surface area (Å²) in [6.45, 7) is 8.75. The van der Waals surface area contributed by atoms with E-state index in [1.54, 1.807) is 0 Å². The quantitative estimate of drug-likeness (QED) is 0.506. The van der Waals surface area contributed by atoms with Gasteiger partial charge in [0.25, 0.3) is 0 Å². The van der Waals surface area contributed by atoms with Gasteiger partial charge in [0.2, 0.25) is 0 Å². The summed E-state index contributed by atoms with van der Waals surface area (Å²) in [5, 5.41) is 0. The average Bonchev–Trinajstić information content (AvgIpc) is 2.37. The van der Waals surface area contributed by atoms with Crippen LogP contribution in [0.1, 0.15) is 25.7 Å². The zero-order valence-corrected chi connectivity index (χ0v) is 13.2. The first-order valence-electron chi connectivity index (χ1n) is 7.42. The molecule has 1 aliphatic rings. The van der Waals surface area contributed by atoms with Crippen molar-refractivity contribution in [3.63, 3.8) is 0 Å². The Morgan fingerprint density at radius 1 is 0.833 bits per heavy atom. The first-order chi connectivity index (χ1) is 8.72. The molecule has 0 saturated carbocycles. The van der Waals surface area contributed by atoms with E-state index < -0.39 is 0 Å². The Morgan fingerprint density at radius 3 is 1.94 bits per heavy atom. The second kappa shape index (κ2) is 10.1. The molecule has 1 fully saturated rings. The highest BCUT2D eigenvalue weighted by Gasteiger charge is 2.15. The summed E-state index contributed by atoms with van der Waals surface area (Å²) in [4.78, 5) is 7.50. The fourth-order valence-corrected chi connectivity index (χ4v) is 2.60. The fourth-order valence-electron chi connectivity index (χ4n) is 2.38. The summed E-state index contributed by atoms with van der Waals surface area (Å²) in [5.74, 6) is 1.05. The van der Waals surface area contributed by atoms with Crippen molar-refractivity contribution in [3.05, 3.63) is 0 Å². The SMILES string of the molecule is CN(C)CCN1CCN(CCCCCCS)CC1. The van der Waals surface area contributed by atoms with Gasteiger partial charge in [0.05, 0.1) is 0 Å². The number of hydrogen-bond donors (Lipinski definition) is 1. The fraction of sp³-hybridized carbons (Fsp3) is 1.00. The molecule has 0 amide bonds. The van der Waals surface area contributed by atoms with Crippen LogP contribution in [0.5, 0.6) is 0 Å². The summed E-state index contributed by atoms with van der Waals surface area (Å²) in [6, 6.07) is 0. The van der Waals surface area contributed by atoms with Gasteiger partial charge in [-0.05, 0) is 39.2 Å². The molecule has 3 nitrogen and oxygen atoms in total. The third-order valence-corrected chi connectivity index (χ3v) is 4.03. The summed E-state index contributed by atoms with van der Waals surface area (Å²) in [6.07, 6.45) is 5.38. The van der Waals surface area contributed by atoms with E-state index in [1.807, 2.05) is 0 Å². The molecule has 0 radical (unpaired) electrons. The second-order valence-electron chi connectivity index (χ2n) is 5.62. The van der Waals surface area contributed by atoms with Crippen molar-refractivity contribution < 1.29 is 0 Å². The number of piperazine rings is 1. The molecule has 1 rings (SSSR count). The largest absolute Gasteiger partial charge is 0.308 e. The Morgan fingerprint density at radius 2 is 1.39 bits per heavy atom. The molecule has 0 bridgehead atoms. The maximum Gasteiger partial charge on any atom is 0.0110 e. The van der Waals surface area contributed by atoms with Gasteiger partial charge in [-0.1, -0.05) is 12.8 Å². The lowest BCUT2D eigenvalue weighted by molar-refractivity contribution is 0.124. The van der Waals surface area contributed by atoms with Crippen LogP contribution in [0.25, 0.3) is 0 Å². The average molecular weight is 273 g/mol. The molecule has 0 aromatic carbocycles. The number of likely N-dealkylation sites (N-methyl/N-ethyl adjacent to an activating group) is 1. The zero-order chi connectivity index (χ0) is 13.2. The van der Waals surface area contributed by atoms with Gasteiger partial charge >= 0.3 is 0 Å². The summed E-state index contributed by atoms with van der Waals surface area (Å²) in [7, 11) is 4.31. The third kappa shape index (κ3) is 7.62. The van der Waals surface area contributed by atoms with E-state index in [2.05, 4.69) is 41.4 Å².